The first-order chi connectivity index (χ1) is 7.85. The number of hydrogen-bond donors (Lipinski definition) is 2. The van der Waals surface area contributed by atoms with Gasteiger partial charge in [0.25, 0.3) is 0 Å². The zero-order valence-corrected chi connectivity index (χ0v) is 9.23. The van der Waals surface area contributed by atoms with Gasteiger partial charge >= 0.3 is 0 Å². The zero-order valence-electron chi connectivity index (χ0n) is 9.23. The average Bonchev–Trinajstić information content (AvgIpc) is 2.35. The van der Waals surface area contributed by atoms with Crippen molar-refractivity contribution in [3.05, 3.63) is 30.5 Å². The summed E-state index contributed by atoms with van der Waals surface area (Å²) < 4.78 is 5.56. The summed E-state index contributed by atoms with van der Waals surface area (Å²) in [5, 5.41) is 2.06. The van der Waals surface area contributed by atoms with Gasteiger partial charge in [-0.3, -0.25) is 0 Å². The third kappa shape index (κ3) is 2.06. The number of pyridine rings is 1. The molecule has 0 saturated heterocycles. The van der Waals surface area contributed by atoms with Gasteiger partial charge in [-0.25, -0.2) is 10.8 Å². The topological polar surface area (TPSA) is 60.2 Å². The Hall–Kier alpha value is -1.81. The lowest BCUT2D eigenvalue weighted by Gasteiger charge is -2.07. The molecule has 0 aliphatic heterocycles. The molecule has 2 aromatic rings. The van der Waals surface area contributed by atoms with E-state index in [4.69, 9.17) is 10.6 Å². The van der Waals surface area contributed by atoms with E-state index in [2.05, 4.69) is 17.3 Å². The highest BCUT2D eigenvalue weighted by molar-refractivity contribution is 5.92. The van der Waals surface area contributed by atoms with E-state index in [-0.39, 0.29) is 0 Å². The molecule has 0 aliphatic carbocycles. The molecule has 0 amide bonds. The highest BCUT2D eigenvalue weighted by atomic mass is 16.5. The van der Waals surface area contributed by atoms with Crippen molar-refractivity contribution in [3.63, 3.8) is 0 Å². The molecule has 0 fully saturated rings. The number of nitrogens with one attached hydrogen (secondary N) is 1. The zero-order chi connectivity index (χ0) is 11.4. The number of hydrogen-bond acceptors (Lipinski definition) is 4. The quantitative estimate of drug-likeness (QED) is 0.609. The maximum atomic E-state index is 5.56. The number of benzene rings is 1. The first-order valence-electron chi connectivity index (χ1n) is 5.33. The number of nitrogens with two attached hydrogens (primary N) is 1. The van der Waals surface area contributed by atoms with Crippen LogP contribution in [-0.4, -0.2) is 11.6 Å². The van der Waals surface area contributed by atoms with E-state index in [1.54, 1.807) is 6.20 Å². The van der Waals surface area contributed by atoms with Crippen LogP contribution in [0.2, 0.25) is 0 Å². The van der Waals surface area contributed by atoms with E-state index in [1.165, 1.54) is 0 Å². The number of anilines is 1. The fourth-order valence-electron chi connectivity index (χ4n) is 1.58. The summed E-state index contributed by atoms with van der Waals surface area (Å²) in [6.07, 6.45) is 2.73. The minimum Gasteiger partial charge on any atom is -0.494 e. The summed E-state index contributed by atoms with van der Waals surface area (Å²) in [6.45, 7) is 2.82. The number of nitrogen functional groups attached to an aromatic ring is 1. The average molecular weight is 217 g/mol. The molecule has 0 atom stereocenters. The molecule has 3 N–H and O–H groups in total. The number of fused-ring (bicyclic) bond motifs is 1. The number of hydrazine groups is 1. The second-order valence-electron chi connectivity index (χ2n) is 3.54. The Morgan fingerprint density at radius 2 is 2.25 bits per heavy atom. The molecule has 1 aromatic carbocycles. The molecule has 0 aliphatic rings. The van der Waals surface area contributed by atoms with E-state index in [1.807, 2.05) is 24.3 Å². The number of ether oxygens (including phenoxy) is 1. The third-order valence-corrected chi connectivity index (χ3v) is 2.35. The summed E-state index contributed by atoms with van der Waals surface area (Å²) in [4.78, 5) is 4.14. The monoisotopic (exact) mass is 217 g/mol. The lowest BCUT2D eigenvalue weighted by atomic mass is 10.1. The minimum atomic E-state index is 0.680. The SMILES string of the molecule is CCCOc1ccc2c(NN)nccc2c1. The molecule has 16 heavy (non-hydrogen) atoms. The molecule has 1 aromatic heterocycles. The van der Waals surface area contributed by atoms with Crippen molar-refractivity contribution in [2.75, 3.05) is 12.0 Å². The summed E-state index contributed by atoms with van der Waals surface area (Å²) in [7, 11) is 0. The van der Waals surface area contributed by atoms with Gasteiger partial charge in [-0.15, -0.1) is 0 Å². The van der Waals surface area contributed by atoms with Crippen LogP contribution in [0.4, 0.5) is 5.82 Å². The van der Waals surface area contributed by atoms with Crippen LogP contribution in [0, 0.1) is 0 Å². The van der Waals surface area contributed by atoms with Gasteiger partial charge in [-0.2, -0.15) is 0 Å². The van der Waals surface area contributed by atoms with Gasteiger partial charge in [0, 0.05) is 11.6 Å². The molecule has 0 saturated carbocycles. The highest BCUT2D eigenvalue weighted by Crippen LogP contribution is 2.24. The van der Waals surface area contributed by atoms with Crippen LogP contribution in [0.25, 0.3) is 10.8 Å². The highest BCUT2D eigenvalue weighted by Gasteiger charge is 2.02. The first kappa shape index (κ1) is 10.7. The molecule has 0 bridgehead atoms. The normalized spacial score (nSPS) is 10.4. The van der Waals surface area contributed by atoms with Crippen LogP contribution in [0.1, 0.15) is 13.3 Å². The Bertz CT molecular complexity index is 485. The molecule has 2 rings (SSSR count). The van der Waals surface area contributed by atoms with Crippen LogP contribution >= 0.6 is 0 Å². The Morgan fingerprint density at radius 3 is 3.00 bits per heavy atom. The van der Waals surface area contributed by atoms with Gasteiger partial charge in [-0.1, -0.05) is 6.92 Å². The van der Waals surface area contributed by atoms with E-state index in [0.29, 0.717) is 5.82 Å². The Labute approximate surface area is 94.4 Å². The first-order valence-corrected chi connectivity index (χ1v) is 5.33. The van der Waals surface area contributed by atoms with Gasteiger partial charge in [0.2, 0.25) is 0 Å². The maximum absolute atomic E-state index is 5.56. The summed E-state index contributed by atoms with van der Waals surface area (Å²) in [5.74, 6) is 6.95. The van der Waals surface area contributed by atoms with Crippen LogP contribution in [-0.2, 0) is 0 Å². The van der Waals surface area contributed by atoms with Gasteiger partial charge in [-0.05, 0) is 36.1 Å². The van der Waals surface area contributed by atoms with Crippen molar-refractivity contribution in [1.29, 1.82) is 0 Å². The van der Waals surface area contributed by atoms with Gasteiger partial charge in [0.1, 0.15) is 11.6 Å². The van der Waals surface area contributed by atoms with E-state index in [9.17, 15) is 0 Å². The molecule has 0 unspecified atom stereocenters. The van der Waals surface area contributed by atoms with Crippen LogP contribution in [0.15, 0.2) is 30.5 Å². The maximum Gasteiger partial charge on any atom is 0.147 e. The molecular formula is C12H15N3O. The summed E-state index contributed by atoms with van der Waals surface area (Å²) in [5.41, 5.74) is 2.58. The Kier molecular flexibility index (Phi) is 3.22. The number of aromatic nitrogens is 1. The Morgan fingerprint density at radius 1 is 1.38 bits per heavy atom. The van der Waals surface area contributed by atoms with E-state index in [0.717, 1.165) is 29.5 Å². The Balaban J connectivity index is 2.39. The van der Waals surface area contributed by atoms with Crippen molar-refractivity contribution in [2.24, 2.45) is 5.84 Å². The van der Waals surface area contributed by atoms with Crippen LogP contribution in [0.5, 0.6) is 5.75 Å². The largest absolute Gasteiger partial charge is 0.494 e. The summed E-state index contributed by atoms with van der Waals surface area (Å²) >= 11 is 0. The predicted octanol–water partition coefficient (Wildman–Crippen LogP) is 2.31. The number of nitrogens with zero attached hydrogens (tertiary/aromatic N) is 1. The van der Waals surface area contributed by atoms with E-state index < -0.39 is 0 Å². The number of rotatable bonds is 4. The van der Waals surface area contributed by atoms with Crippen molar-refractivity contribution in [1.82, 2.24) is 4.98 Å². The molecule has 1 heterocycles. The van der Waals surface area contributed by atoms with Crippen molar-refractivity contribution in [3.8, 4) is 5.75 Å². The second kappa shape index (κ2) is 4.81. The fraction of sp³-hybridized carbons (Fsp3) is 0.250. The fourth-order valence-corrected chi connectivity index (χ4v) is 1.58. The van der Waals surface area contributed by atoms with Crippen molar-refractivity contribution in [2.45, 2.75) is 13.3 Å². The molecular weight excluding hydrogens is 202 g/mol. The smallest absolute Gasteiger partial charge is 0.147 e. The molecule has 0 radical (unpaired) electrons. The minimum absolute atomic E-state index is 0.680. The van der Waals surface area contributed by atoms with Crippen molar-refractivity contribution >= 4 is 16.6 Å². The van der Waals surface area contributed by atoms with Gasteiger partial charge < -0.3 is 10.2 Å². The molecule has 4 nitrogen and oxygen atoms in total. The predicted molar refractivity (Wildman–Crippen MR) is 65.3 cm³/mol. The van der Waals surface area contributed by atoms with Gasteiger partial charge in [0.15, 0.2) is 0 Å². The lowest BCUT2D eigenvalue weighted by molar-refractivity contribution is 0.318. The van der Waals surface area contributed by atoms with Crippen LogP contribution < -0.4 is 16.0 Å². The molecule has 4 heteroatoms. The lowest BCUT2D eigenvalue weighted by Crippen LogP contribution is -2.08. The molecule has 84 valence electrons. The second-order valence-corrected chi connectivity index (χ2v) is 3.54. The summed E-state index contributed by atoms with van der Waals surface area (Å²) in [6, 6.07) is 7.82. The standard InChI is InChI=1S/C12H15N3O/c1-2-7-16-10-3-4-11-9(8-10)5-6-14-12(11)15-13/h3-6,8H,2,7,13H2,1H3,(H,14,15). The van der Waals surface area contributed by atoms with E-state index >= 15 is 0 Å². The molecule has 0 spiro atoms. The third-order valence-electron chi connectivity index (χ3n) is 2.35. The van der Waals surface area contributed by atoms with Crippen LogP contribution in [0.3, 0.4) is 0 Å². The van der Waals surface area contributed by atoms with Gasteiger partial charge in [0.05, 0.1) is 6.61 Å². The van der Waals surface area contributed by atoms with Crippen molar-refractivity contribution < 1.29 is 4.74 Å².